The number of likely N-dealkylation sites (N-methyl/N-ethyl adjacent to an activating group) is 1. The quantitative estimate of drug-likeness (QED) is 0.838. The molecule has 0 aromatic carbocycles. The third-order valence-corrected chi connectivity index (χ3v) is 3.58. The fraction of sp³-hybridized carbons (Fsp3) is 0.714. The van der Waals surface area contributed by atoms with E-state index in [0.29, 0.717) is 18.8 Å². The number of rotatable bonds is 7. The summed E-state index contributed by atoms with van der Waals surface area (Å²) in [6, 6.07) is 0.160. The molecule has 1 atom stereocenters. The smallest absolute Gasteiger partial charge is 0.353 e. The van der Waals surface area contributed by atoms with Crippen molar-refractivity contribution in [2.75, 3.05) is 26.2 Å². The third kappa shape index (κ3) is 4.72. The number of alkyl halides is 3. The molecule has 1 rings (SSSR count). The van der Waals surface area contributed by atoms with Gasteiger partial charge < -0.3 is 10.2 Å². The Bertz CT molecular complexity index is 495. The molecule has 1 unspecified atom stereocenters. The molecule has 0 aliphatic heterocycles. The molecular formula is C14H23F3N4O. The van der Waals surface area contributed by atoms with Gasteiger partial charge in [-0.05, 0) is 33.0 Å². The molecule has 0 fully saturated rings. The lowest BCUT2D eigenvalue weighted by Crippen LogP contribution is -2.38. The maximum absolute atomic E-state index is 12.6. The van der Waals surface area contributed by atoms with Gasteiger partial charge in [0.05, 0.1) is 0 Å². The van der Waals surface area contributed by atoms with Crippen molar-refractivity contribution in [2.24, 2.45) is 0 Å². The number of carbonyl (C=O) groups excluding carboxylic acids is 1. The average Bonchev–Trinajstić information content (AvgIpc) is 2.84. The van der Waals surface area contributed by atoms with Crippen molar-refractivity contribution < 1.29 is 18.0 Å². The van der Waals surface area contributed by atoms with Gasteiger partial charge in [-0.15, -0.1) is 0 Å². The number of aromatic nitrogens is 2. The summed E-state index contributed by atoms with van der Waals surface area (Å²) in [6.07, 6.45) is -4.51. The highest BCUT2D eigenvalue weighted by Gasteiger charge is 2.35. The van der Waals surface area contributed by atoms with E-state index in [-0.39, 0.29) is 5.91 Å². The predicted octanol–water partition coefficient (Wildman–Crippen LogP) is 2.23. The van der Waals surface area contributed by atoms with Gasteiger partial charge in [0.15, 0.2) is 5.69 Å². The van der Waals surface area contributed by atoms with Crippen LogP contribution in [0.3, 0.4) is 0 Å². The van der Waals surface area contributed by atoms with Crippen LogP contribution in [0, 0.1) is 6.92 Å². The van der Waals surface area contributed by atoms with Crippen molar-refractivity contribution in [1.82, 2.24) is 20.0 Å². The van der Waals surface area contributed by atoms with Gasteiger partial charge in [-0.3, -0.25) is 9.48 Å². The molecule has 0 aliphatic rings. The summed E-state index contributed by atoms with van der Waals surface area (Å²) < 4.78 is 39.0. The molecule has 1 amide bonds. The second-order valence-corrected chi connectivity index (χ2v) is 5.11. The van der Waals surface area contributed by atoms with Crippen molar-refractivity contribution in [2.45, 2.75) is 39.9 Å². The fourth-order valence-electron chi connectivity index (χ4n) is 2.15. The number of aryl methyl sites for hydroxylation is 1. The molecule has 5 nitrogen and oxygen atoms in total. The highest BCUT2D eigenvalue weighted by atomic mass is 19.4. The maximum atomic E-state index is 12.6. The normalized spacial score (nSPS) is 13.5. The molecule has 0 radical (unpaired) electrons. The zero-order valence-corrected chi connectivity index (χ0v) is 13.4. The number of amides is 1. The van der Waals surface area contributed by atoms with Crippen LogP contribution in [0.1, 0.15) is 38.2 Å². The molecule has 22 heavy (non-hydrogen) atoms. The molecule has 0 saturated carbocycles. The van der Waals surface area contributed by atoms with Gasteiger partial charge in [0.25, 0.3) is 0 Å². The van der Waals surface area contributed by atoms with Gasteiger partial charge in [-0.25, -0.2) is 0 Å². The third-order valence-electron chi connectivity index (χ3n) is 3.58. The van der Waals surface area contributed by atoms with Gasteiger partial charge in [0.2, 0.25) is 5.91 Å². The SMILES string of the molecule is CCN(CC)CCNC(=O)C(C)n1nc(C(F)(F)F)cc1C. The Hall–Kier alpha value is -1.57. The number of carbonyl (C=O) groups is 1. The van der Waals surface area contributed by atoms with Crippen molar-refractivity contribution in [1.29, 1.82) is 0 Å². The van der Waals surface area contributed by atoms with Gasteiger partial charge in [0.1, 0.15) is 6.04 Å². The van der Waals surface area contributed by atoms with E-state index in [1.165, 1.54) is 13.8 Å². The Labute approximate surface area is 128 Å². The molecular weight excluding hydrogens is 297 g/mol. The topological polar surface area (TPSA) is 50.2 Å². The van der Waals surface area contributed by atoms with Crippen LogP contribution in [0.4, 0.5) is 13.2 Å². The van der Waals surface area contributed by atoms with Crippen LogP contribution in [0.2, 0.25) is 0 Å². The Morgan fingerprint density at radius 2 is 2.00 bits per heavy atom. The second-order valence-electron chi connectivity index (χ2n) is 5.11. The predicted molar refractivity (Wildman–Crippen MR) is 77.5 cm³/mol. The summed E-state index contributed by atoms with van der Waals surface area (Å²) in [5.74, 6) is -0.341. The minimum absolute atomic E-state index is 0.304. The second kappa shape index (κ2) is 7.62. The minimum atomic E-state index is -4.51. The summed E-state index contributed by atoms with van der Waals surface area (Å²) >= 11 is 0. The van der Waals surface area contributed by atoms with Crippen LogP contribution >= 0.6 is 0 Å². The molecule has 0 aliphatic carbocycles. The summed E-state index contributed by atoms with van der Waals surface area (Å²) in [5, 5.41) is 6.23. The highest BCUT2D eigenvalue weighted by molar-refractivity contribution is 5.79. The Morgan fingerprint density at radius 1 is 1.41 bits per heavy atom. The Balaban J connectivity index is 2.65. The standard InChI is InChI=1S/C14H23F3N4O/c1-5-20(6-2)8-7-18-13(22)11(4)21-10(3)9-12(19-21)14(15,16)17/h9,11H,5-8H2,1-4H3,(H,18,22). The lowest BCUT2D eigenvalue weighted by atomic mass is 10.3. The monoisotopic (exact) mass is 320 g/mol. The van der Waals surface area contributed by atoms with Crippen molar-refractivity contribution >= 4 is 5.91 Å². The zero-order chi connectivity index (χ0) is 16.9. The van der Waals surface area contributed by atoms with Crippen molar-refractivity contribution in [3.05, 3.63) is 17.5 Å². The van der Waals surface area contributed by atoms with E-state index in [2.05, 4.69) is 15.3 Å². The molecule has 8 heteroatoms. The van der Waals surface area contributed by atoms with Gasteiger partial charge in [-0.2, -0.15) is 18.3 Å². The first kappa shape index (κ1) is 18.5. The first-order valence-electron chi connectivity index (χ1n) is 7.34. The Morgan fingerprint density at radius 3 is 2.45 bits per heavy atom. The number of hydrogen-bond donors (Lipinski definition) is 1. The van der Waals surface area contributed by atoms with E-state index in [4.69, 9.17) is 0 Å². The van der Waals surface area contributed by atoms with Crippen molar-refractivity contribution in [3.63, 3.8) is 0 Å². The zero-order valence-electron chi connectivity index (χ0n) is 13.4. The fourth-order valence-corrected chi connectivity index (χ4v) is 2.15. The Kier molecular flexibility index (Phi) is 6.40. The largest absolute Gasteiger partial charge is 0.435 e. The number of halogens is 3. The van der Waals surface area contributed by atoms with Crippen LogP contribution in [0.25, 0.3) is 0 Å². The molecule has 1 N–H and O–H groups in total. The maximum Gasteiger partial charge on any atom is 0.435 e. The first-order valence-corrected chi connectivity index (χ1v) is 7.34. The van der Waals surface area contributed by atoms with Gasteiger partial charge in [-0.1, -0.05) is 13.8 Å². The van der Waals surface area contributed by atoms with E-state index in [0.717, 1.165) is 23.8 Å². The lowest BCUT2D eigenvalue weighted by molar-refractivity contribution is -0.142. The van der Waals surface area contributed by atoms with Gasteiger partial charge in [0, 0.05) is 18.8 Å². The molecule has 1 heterocycles. The minimum Gasteiger partial charge on any atom is -0.353 e. The molecule has 0 spiro atoms. The first-order chi connectivity index (χ1) is 10.2. The summed E-state index contributed by atoms with van der Waals surface area (Å²) in [6.45, 7) is 10.0. The van der Waals surface area contributed by atoms with Crippen LogP contribution in [0.15, 0.2) is 6.07 Å². The van der Waals surface area contributed by atoms with Crippen molar-refractivity contribution in [3.8, 4) is 0 Å². The van der Waals surface area contributed by atoms with E-state index >= 15 is 0 Å². The van der Waals surface area contributed by atoms with E-state index < -0.39 is 17.9 Å². The number of nitrogens with zero attached hydrogens (tertiary/aromatic N) is 3. The van der Waals surface area contributed by atoms with Crippen LogP contribution in [-0.2, 0) is 11.0 Å². The summed E-state index contributed by atoms with van der Waals surface area (Å²) in [5.41, 5.74) is -0.675. The van der Waals surface area contributed by atoms with E-state index in [1.54, 1.807) is 0 Å². The molecule has 0 saturated heterocycles. The molecule has 0 bridgehead atoms. The van der Waals surface area contributed by atoms with E-state index in [1.807, 2.05) is 13.8 Å². The lowest BCUT2D eigenvalue weighted by Gasteiger charge is -2.19. The molecule has 1 aromatic rings. The molecule has 126 valence electrons. The van der Waals surface area contributed by atoms with Gasteiger partial charge >= 0.3 is 6.18 Å². The number of hydrogen-bond acceptors (Lipinski definition) is 3. The average molecular weight is 320 g/mol. The molecule has 1 aromatic heterocycles. The van der Waals surface area contributed by atoms with Crippen LogP contribution < -0.4 is 5.32 Å². The number of nitrogens with one attached hydrogen (secondary N) is 1. The summed E-state index contributed by atoms with van der Waals surface area (Å²) in [4.78, 5) is 14.2. The summed E-state index contributed by atoms with van der Waals surface area (Å²) in [7, 11) is 0. The van der Waals surface area contributed by atoms with Crippen LogP contribution in [0.5, 0.6) is 0 Å². The van der Waals surface area contributed by atoms with E-state index in [9.17, 15) is 18.0 Å². The highest BCUT2D eigenvalue weighted by Crippen LogP contribution is 2.29. The van der Waals surface area contributed by atoms with Crippen LogP contribution in [-0.4, -0.2) is 46.8 Å².